The number of aromatic nitrogens is 3. The molecule has 0 atom stereocenters. The maximum Gasteiger partial charge on any atom is 0.243 e. The largest absolute Gasteiger partial charge is 0.382 e. The Balaban J connectivity index is 1.44. The number of sulfonamides is 1. The summed E-state index contributed by atoms with van der Waals surface area (Å²) in [6, 6.07) is 8.76. The second-order valence-corrected chi connectivity index (χ2v) is 10.6. The molecule has 0 amide bonds. The van der Waals surface area contributed by atoms with Crippen molar-refractivity contribution in [1.29, 1.82) is 0 Å². The monoisotopic (exact) mass is 471 g/mol. The van der Waals surface area contributed by atoms with Crippen molar-refractivity contribution in [2.45, 2.75) is 42.5 Å². The molecule has 1 aliphatic carbocycles. The highest BCUT2D eigenvalue weighted by molar-refractivity contribution is 7.89. The lowest BCUT2D eigenvalue weighted by atomic mass is 9.85. The fourth-order valence-electron chi connectivity index (χ4n) is 4.54. The second-order valence-electron chi connectivity index (χ2n) is 8.70. The Morgan fingerprint density at radius 3 is 2.61 bits per heavy atom. The van der Waals surface area contributed by atoms with E-state index in [1.807, 2.05) is 12.3 Å². The SMILES string of the molecule is Nc1cc(Nc2cccc(S(=O)(=O)N3CCOCC3)c2)c2nc([C@H]3CC[C@H](N)CC3)cn2n1. The number of nitrogens with two attached hydrogens (primary N) is 2. The summed E-state index contributed by atoms with van der Waals surface area (Å²) in [6.45, 7) is 1.51. The number of ether oxygens (including phenoxy) is 1. The smallest absolute Gasteiger partial charge is 0.243 e. The molecule has 0 unspecified atom stereocenters. The first kappa shape index (κ1) is 22.1. The minimum Gasteiger partial charge on any atom is -0.382 e. The number of imidazole rings is 1. The predicted molar refractivity (Wildman–Crippen MR) is 126 cm³/mol. The Labute approximate surface area is 193 Å². The van der Waals surface area contributed by atoms with Crippen molar-refractivity contribution in [2.75, 3.05) is 37.4 Å². The zero-order chi connectivity index (χ0) is 23.0. The van der Waals surface area contributed by atoms with Crippen LogP contribution < -0.4 is 16.8 Å². The molecular weight excluding hydrogens is 442 g/mol. The minimum absolute atomic E-state index is 0.232. The Morgan fingerprint density at radius 2 is 1.85 bits per heavy atom. The van der Waals surface area contributed by atoms with E-state index in [1.165, 1.54) is 4.31 Å². The van der Waals surface area contributed by atoms with Gasteiger partial charge in [-0.3, -0.25) is 0 Å². The number of benzene rings is 1. The van der Waals surface area contributed by atoms with E-state index in [-0.39, 0.29) is 10.9 Å². The van der Waals surface area contributed by atoms with Crippen LogP contribution in [0, 0.1) is 0 Å². The van der Waals surface area contributed by atoms with E-state index < -0.39 is 10.0 Å². The fourth-order valence-corrected chi connectivity index (χ4v) is 6.00. The quantitative estimate of drug-likeness (QED) is 0.513. The van der Waals surface area contributed by atoms with Crippen molar-refractivity contribution in [3.63, 3.8) is 0 Å². The maximum absolute atomic E-state index is 13.0. The van der Waals surface area contributed by atoms with Gasteiger partial charge in [0.1, 0.15) is 5.82 Å². The topological polar surface area (TPSA) is 141 Å². The van der Waals surface area contributed by atoms with Gasteiger partial charge in [0.2, 0.25) is 10.0 Å². The van der Waals surface area contributed by atoms with Gasteiger partial charge >= 0.3 is 0 Å². The normalized spacial score (nSPS) is 22.5. The predicted octanol–water partition coefficient (Wildman–Crippen LogP) is 2.06. The van der Waals surface area contributed by atoms with Crippen LogP contribution in [0.1, 0.15) is 37.3 Å². The van der Waals surface area contributed by atoms with E-state index in [1.54, 1.807) is 28.8 Å². The first-order valence-corrected chi connectivity index (χ1v) is 12.7. The fraction of sp³-hybridized carbons (Fsp3) is 0.455. The van der Waals surface area contributed by atoms with Crippen LogP contribution in [0.25, 0.3) is 5.65 Å². The molecule has 5 rings (SSSR count). The highest BCUT2D eigenvalue weighted by Crippen LogP contribution is 2.33. The van der Waals surface area contributed by atoms with Crippen LogP contribution in [-0.2, 0) is 14.8 Å². The zero-order valence-corrected chi connectivity index (χ0v) is 19.2. The molecule has 2 aromatic heterocycles. The molecule has 33 heavy (non-hydrogen) atoms. The Bertz CT molecular complexity index is 1250. The summed E-state index contributed by atoms with van der Waals surface area (Å²) in [5.41, 5.74) is 15.0. The van der Waals surface area contributed by atoms with Gasteiger partial charge in [0.25, 0.3) is 0 Å². The van der Waals surface area contributed by atoms with Crippen molar-refractivity contribution in [1.82, 2.24) is 18.9 Å². The van der Waals surface area contributed by atoms with Gasteiger partial charge in [0, 0.05) is 36.8 Å². The summed E-state index contributed by atoms with van der Waals surface area (Å²) >= 11 is 0. The second kappa shape index (κ2) is 8.90. The van der Waals surface area contributed by atoms with Crippen molar-refractivity contribution >= 4 is 32.9 Å². The molecule has 176 valence electrons. The molecule has 1 aromatic carbocycles. The first-order chi connectivity index (χ1) is 15.9. The van der Waals surface area contributed by atoms with Crippen molar-refractivity contribution in [3.8, 4) is 0 Å². The van der Waals surface area contributed by atoms with Crippen molar-refractivity contribution < 1.29 is 13.2 Å². The third-order valence-electron chi connectivity index (χ3n) is 6.37. The zero-order valence-electron chi connectivity index (χ0n) is 18.4. The van der Waals surface area contributed by atoms with Gasteiger partial charge in [-0.1, -0.05) is 6.07 Å². The van der Waals surface area contributed by atoms with Gasteiger partial charge in [-0.2, -0.15) is 4.31 Å². The summed E-state index contributed by atoms with van der Waals surface area (Å²) in [4.78, 5) is 5.08. The lowest BCUT2D eigenvalue weighted by Gasteiger charge is -2.26. The summed E-state index contributed by atoms with van der Waals surface area (Å²) in [6.07, 6.45) is 5.92. The summed E-state index contributed by atoms with van der Waals surface area (Å²) in [5, 5.41) is 7.67. The number of hydrogen-bond donors (Lipinski definition) is 3. The van der Waals surface area contributed by atoms with E-state index >= 15 is 0 Å². The number of hydrogen-bond acceptors (Lipinski definition) is 8. The molecule has 0 bridgehead atoms. The highest BCUT2D eigenvalue weighted by Gasteiger charge is 2.27. The summed E-state index contributed by atoms with van der Waals surface area (Å²) < 4.78 is 34.5. The molecule has 0 spiro atoms. The van der Waals surface area contributed by atoms with E-state index in [4.69, 9.17) is 21.2 Å². The number of rotatable bonds is 5. The molecule has 1 saturated heterocycles. The van der Waals surface area contributed by atoms with Gasteiger partial charge in [-0.15, -0.1) is 5.10 Å². The number of anilines is 3. The van der Waals surface area contributed by atoms with Gasteiger partial charge < -0.3 is 21.5 Å². The van der Waals surface area contributed by atoms with Crippen molar-refractivity contribution in [2.24, 2.45) is 5.73 Å². The lowest BCUT2D eigenvalue weighted by molar-refractivity contribution is 0.0730. The molecule has 0 radical (unpaired) electrons. The van der Waals surface area contributed by atoms with Crippen LogP contribution in [0.15, 0.2) is 41.4 Å². The number of nitrogens with zero attached hydrogens (tertiary/aromatic N) is 4. The van der Waals surface area contributed by atoms with Crippen LogP contribution in [0.2, 0.25) is 0 Å². The number of fused-ring (bicyclic) bond motifs is 1. The first-order valence-electron chi connectivity index (χ1n) is 11.3. The maximum atomic E-state index is 13.0. The van der Waals surface area contributed by atoms with Crippen LogP contribution in [-0.4, -0.2) is 59.7 Å². The van der Waals surface area contributed by atoms with Crippen molar-refractivity contribution in [3.05, 3.63) is 42.2 Å². The minimum atomic E-state index is -3.60. The van der Waals surface area contributed by atoms with Crippen LogP contribution in [0.4, 0.5) is 17.2 Å². The van der Waals surface area contributed by atoms with E-state index in [0.29, 0.717) is 55.1 Å². The summed E-state index contributed by atoms with van der Waals surface area (Å²) in [7, 11) is -3.60. The Morgan fingerprint density at radius 1 is 1.09 bits per heavy atom. The third-order valence-corrected chi connectivity index (χ3v) is 8.27. The highest BCUT2D eigenvalue weighted by atomic mass is 32.2. The van der Waals surface area contributed by atoms with Crippen LogP contribution >= 0.6 is 0 Å². The average Bonchev–Trinajstić information content (AvgIpc) is 3.24. The molecule has 2 fully saturated rings. The van der Waals surface area contributed by atoms with Gasteiger partial charge in [0.15, 0.2) is 5.65 Å². The van der Waals surface area contributed by atoms with Crippen LogP contribution in [0.3, 0.4) is 0 Å². The molecule has 3 aromatic rings. The van der Waals surface area contributed by atoms with E-state index in [9.17, 15) is 8.42 Å². The number of nitrogens with one attached hydrogen (secondary N) is 1. The van der Waals surface area contributed by atoms with Gasteiger partial charge in [0.05, 0.1) is 35.7 Å². The average molecular weight is 472 g/mol. The molecular formula is C22H29N7O3S. The molecule has 11 heteroatoms. The third kappa shape index (κ3) is 4.54. The molecule has 1 aliphatic heterocycles. The molecule has 10 nitrogen and oxygen atoms in total. The molecule has 3 heterocycles. The van der Waals surface area contributed by atoms with Gasteiger partial charge in [-0.25, -0.2) is 17.9 Å². The lowest BCUT2D eigenvalue weighted by Crippen LogP contribution is -2.40. The molecule has 2 aliphatic rings. The van der Waals surface area contributed by atoms with Gasteiger partial charge in [-0.05, 0) is 43.9 Å². The molecule has 1 saturated carbocycles. The van der Waals surface area contributed by atoms with E-state index in [0.717, 1.165) is 31.4 Å². The van der Waals surface area contributed by atoms with Crippen LogP contribution in [0.5, 0.6) is 0 Å². The summed E-state index contributed by atoms with van der Waals surface area (Å²) in [5.74, 6) is 0.694. The molecule has 5 N–H and O–H groups in total. The Hall–Kier alpha value is -2.73. The van der Waals surface area contributed by atoms with E-state index in [2.05, 4.69) is 10.4 Å². The Kier molecular flexibility index (Phi) is 5.95. The number of morpholine rings is 1. The standard InChI is InChI=1S/C22H29N7O3S/c23-16-6-4-15(5-7-16)20-14-29-22(26-20)19(13-21(24)27-29)25-17-2-1-3-18(12-17)33(30,31)28-8-10-32-11-9-28/h1-3,12-16,25H,4-11,23H2,(H2,24,27)/t15-,16-. The number of nitrogen functional groups attached to an aromatic ring is 1.